The van der Waals surface area contributed by atoms with Gasteiger partial charge in [0.05, 0.1) is 11.3 Å². The molecule has 0 atom stereocenters. The van der Waals surface area contributed by atoms with E-state index in [2.05, 4.69) is 11.9 Å². The Morgan fingerprint density at radius 3 is 2.45 bits per heavy atom. The minimum atomic E-state index is -0.344. The predicted molar refractivity (Wildman–Crippen MR) is 89.7 cm³/mol. The number of aryl methyl sites for hydroxylation is 1. The third-order valence-electron chi connectivity index (χ3n) is 3.32. The van der Waals surface area contributed by atoms with E-state index >= 15 is 0 Å². The van der Waals surface area contributed by atoms with Crippen molar-refractivity contribution in [2.75, 3.05) is 0 Å². The van der Waals surface area contributed by atoms with Gasteiger partial charge in [0.1, 0.15) is 0 Å². The number of hydrogen-bond acceptors (Lipinski definition) is 3. The Labute approximate surface area is 131 Å². The number of nitrogens with zero attached hydrogens (tertiary/aromatic N) is 1. The van der Waals surface area contributed by atoms with E-state index in [0.29, 0.717) is 11.5 Å². The Balaban J connectivity index is 2.10. The molecule has 0 amide bonds. The highest BCUT2D eigenvalue weighted by atomic mass is 16.5. The number of hydrogen-bond donors (Lipinski definition) is 0. The molecule has 0 fully saturated rings. The maximum Gasteiger partial charge on any atom is 0.344 e. The molecular weight excluding hydrogens is 274 g/mol. The molecule has 2 aromatic carbocycles. The van der Waals surface area contributed by atoms with Crippen molar-refractivity contribution in [2.45, 2.75) is 33.1 Å². The van der Waals surface area contributed by atoms with Gasteiger partial charge in [0.25, 0.3) is 0 Å². The third kappa shape index (κ3) is 4.55. The van der Waals surface area contributed by atoms with E-state index in [1.807, 2.05) is 54.6 Å². The standard InChI is InChI=1S/C19H21NO2/c1-3-4-10-16-11-8-9-14-18(16)19(21)22-15(2)20-17-12-6-5-7-13-17/h5-9,11-14H,3-4,10H2,1-2H3. The van der Waals surface area contributed by atoms with Gasteiger partial charge in [0.2, 0.25) is 0 Å². The van der Waals surface area contributed by atoms with Crippen molar-refractivity contribution in [2.24, 2.45) is 4.99 Å². The van der Waals surface area contributed by atoms with Crippen LogP contribution >= 0.6 is 0 Å². The van der Waals surface area contributed by atoms with E-state index in [1.54, 1.807) is 6.92 Å². The summed E-state index contributed by atoms with van der Waals surface area (Å²) in [6, 6.07) is 17.0. The van der Waals surface area contributed by atoms with Gasteiger partial charge in [0, 0.05) is 6.92 Å². The fourth-order valence-corrected chi connectivity index (χ4v) is 2.20. The van der Waals surface area contributed by atoms with Crippen LogP contribution in [0.3, 0.4) is 0 Å². The van der Waals surface area contributed by atoms with E-state index in [1.165, 1.54) is 0 Å². The fraction of sp³-hybridized carbons (Fsp3) is 0.263. The highest BCUT2D eigenvalue weighted by Crippen LogP contribution is 2.15. The predicted octanol–water partition coefficient (Wildman–Crippen LogP) is 4.94. The van der Waals surface area contributed by atoms with E-state index in [0.717, 1.165) is 30.5 Å². The zero-order valence-electron chi connectivity index (χ0n) is 13.1. The van der Waals surface area contributed by atoms with Gasteiger partial charge in [0.15, 0.2) is 5.90 Å². The van der Waals surface area contributed by atoms with Crippen LogP contribution in [-0.2, 0) is 11.2 Å². The number of carbonyl (C=O) groups is 1. The summed E-state index contributed by atoms with van der Waals surface area (Å²) in [7, 11) is 0. The Bertz CT molecular complexity index is 647. The number of aliphatic imine (C=N–C) groups is 1. The van der Waals surface area contributed by atoms with Crippen LogP contribution in [-0.4, -0.2) is 11.9 Å². The zero-order chi connectivity index (χ0) is 15.8. The summed E-state index contributed by atoms with van der Waals surface area (Å²) in [6.45, 7) is 3.83. The number of carbonyl (C=O) groups excluding carboxylic acids is 1. The minimum absolute atomic E-state index is 0.344. The summed E-state index contributed by atoms with van der Waals surface area (Å²) in [6.07, 6.45) is 3.04. The van der Waals surface area contributed by atoms with E-state index in [9.17, 15) is 4.79 Å². The first-order valence-electron chi connectivity index (χ1n) is 7.61. The molecule has 22 heavy (non-hydrogen) atoms. The lowest BCUT2D eigenvalue weighted by molar-refractivity contribution is 0.0714. The van der Waals surface area contributed by atoms with Crippen LogP contribution in [0.25, 0.3) is 0 Å². The number of benzene rings is 2. The average Bonchev–Trinajstić information content (AvgIpc) is 2.54. The molecule has 0 saturated carbocycles. The first kappa shape index (κ1) is 16.0. The summed E-state index contributed by atoms with van der Waals surface area (Å²) in [5, 5.41) is 0. The highest BCUT2D eigenvalue weighted by Gasteiger charge is 2.13. The molecule has 0 aliphatic rings. The molecule has 0 bridgehead atoms. The van der Waals surface area contributed by atoms with E-state index in [-0.39, 0.29) is 5.97 Å². The Hall–Kier alpha value is -2.42. The monoisotopic (exact) mass is 295 g/mol. The van der Waals surface area contributed by atoms with Gasteiger partial charge in [-0.1, -0.05) is 49.7 Å². The Kier molecular flexibility index (Phi) is 5.90. The number of rotatable bonds is 5. The molecule has 0 radical (unpaired) electrons. The maximum atomic E-state index is 12.3. The fourth-order valence-electron chi connectivity index (χ4n) is 2.20. The molecule has 2 rings (SSSR count). The van der Waals surface area contributed by atoms with Crippen LogP contribution in [0.15, 0.2) is 59.6 Å². The number of ether oxygens (including phenoxy) is 1. The Morgan fingerprint density at radius 1 is 1.05 bits per heavy atom. The van der Waals surface area contributed by atoms with Crippen molar-refractivity contribution in [1.82, 2.24) is 0 Å². The van der Waals surface area contributed by atoms with Crippen molar-refractivity contribution in [1.29, 1.82) is 0 Å². The second kappa shape index (κ2) is 8.13. The van der Waals surface area contributed by atoms with Gasteiger partial charge in [-0.05, 0) is 36.6 Å². The number of unbranched alkanes of at least 4 members (excludes halogenated alkanes) is 1. The van der Waals surface area contributed by atoms with Gasteiger partial charge in [-0.15, -0.1) is 0 Å². The quantitative estimate of drug-likeness (QED) is 0.445. The van der Waals surface area contributed by atoms with Crippen LogP contribution in [0.1, 0.15) is 42.6 Å². The van der Waals surface area contributed by atoms with Crippen molar-refractivity contribution in [3.05, 3.63) is 65.7 Å². The largest absolute Gasteiger partial charge is 0.408 e. The zero-order valence-corrected chi connectivity index (χ0v) is 13.1. The molecule has 3 heteroatoms. The molecule has 0 aliphatic carbocycles. The van der Waals surface area contributed by atoms with Crippen LogP contribution in [0.4, 0.5) is 5.69 Å². The second-order valence-corrected chi connectivity index (χ2v) is 5.12. The topological polar surface area (TPSA) is 38.7 Å². The normalized spacial score (nSPS) is 11.3. The van der Waals surface area contributed by atoms with E-state index < -0.39 is 0 Å². The smallest absolute Gasteiger partial charge is 0.344 e. The third-order valence-corrected chi connectivity index (χ3v) is 3.32. The summed E-state index contributed by atoms with van der Waals surface area (Å²) < 4.78 is 5.37. The summed E-state index contributed by atoms with van der Waals surface area (Å²) in [5.41, 5.74) is 2.42. The lowest BCUT2D eigenvalue weighted by atomic mass is 10.0. The molecule has 3 nitrogen and oxygen atoms in total. The molecular formula is C19H21NO2. The van der Waals surface area contributed by atoms with Gasteiger partial charge in [-0.3, -0.25) is 0 Å². The van der Waals surface area contributed by atoms with Crippen molar-refractivity contribution >= 4 is 17.6 Å². The molecule has 0 spiro atoms. The number of esters is 1. The molecule has 0 aliphatic heterocycles. The molecule has 0 saturated heterocycles. The molecule has 2 aromatic rings. The minimum Gasteiger partial charge on any atom is -0.408 e. The van der Waals surface area contributed by atoms with Gasteiger partial charge >= 0.3 is 5.97 Å². The molecule has 0 unspecified atom stereocenters. The van der Waals surface area contributed by atoms with Crippen molar-refractivity contribution in [3.63, 3.8) is 0 Å². The van der Waals surface area contributed by atoms with Gasteiger partial charge < -0.3 is 4.74 Å². The second-order valence-electron chi connectivity index (χ2n) is 5.12. The number of para-hydroxylation sites is 1. The van der Waals surface area contributed by atoms with Crippen molar-refractivity contribution in [3.8, 4) is 0 Å². The molecule has 114 valence electrons. The average molecular weight is 295 g/mol. The van der Waals surface area contributed by atoms with Gasteiger partial charge in [-0.2, -0.15) is 0 Å². The van der Waals surface area contributed by atoms with Crippen LogP contribution in [0.2, 0.25) is 0 Å². The summed E-state index contributed by atoms with van der Waals surface area (Å²) in [5.74, 6) is 0.00498. The van der Waals surface area contributed by atoms with Crippen molar-refractivity contribution < 1.29 is 9.53 Å². The SMILES string of the molecule is CCCCc1ccccc1C(=O)OC(C)=Nc1ccccc1. The first-order chi connectivity index (χ1) is 10.7. The molecule has 0 aromatic heterocycles. The van der Waals surface area contributed by atoms with Crippen LogP contribution in [0, 0.1) is 0 Å². The maximum absolute atomic E-state index is 12.3. The lowest BCUT2D eigenvalue weighted by Gasteiger charge is -2.08. The van der Waals surface area contributed by atoms with E-state index in [4.69, 9.17) is 4.74 Å². The van der Waals surface area contributed by atoms with Crippen LogP contribution < -0.4 is 0 Å². The first-order valence-corrected chi connectivity index (χ1v) is 7.61. The van der Waals surface area contributed by atoms with Crippen LogP contribution in [0.5, 0.6) is 0 Å². The Morgan fingerprint density at radius 2 is 1.73 bits per heavy atom. The summed E-state index contributed by atoms with van der Waals surface area (Å²) >= 11 is 0. The molecule has 0 N–H and O–H groups in total. The summed E-state index contributed by atoms with van der Waals surface area (Å²) in [4.78, 5) is 16.6. The molecule has 0 heterocycles. The lowest BCUT2D eigenvalue weighted by Crippen LogP contribution is -2.12. The van der Waals surface area contributed by atoms with Gasteiger partial charge in [-0.25, -0.2) is 9.79 Å². The highest BCUT2D eigenvalue weighted by molar-refractivity contribution is 5.99.